The molecule has 25 heavy (non-hydrogen) atoms. The number of carbonyl (C=O) groups is 1. The van der Waals surface area contributed by atoms with E-state index in [1.54, 1.807) is 23.6 Å². The minimum Gasteiger partial charge on any atom is -0.367 e. The third kappa shape index (κ3) is 2.90. The average Bonchev–Trinajstić information content (AvgIpc) is 3.23. The minimum atomic E-state index is -0.305. The predicted molar refractivity (Wildman–Crippen MR) is 96.5 cm³/mol. The highest BCUT2D eigenvalue weighted by Crippen LogP contribution is 2.30. The number of rotatable bonds is 4. The van der Waals surface area contributed by atoms with Gasteiger partial charge in [-0.05, 0) is 56.2 Å². The number of fused-ring (bicyclic) bond motifs is 1. The number of benzene rings is 1. The van der Waals surface area contributed by atoms with Gasteiger partial charge < -0.3 is 5.32 Å². The van der Waals surface area contributed by atoms with Crippen LogP contribution in [0.5, 0.6) is 0 Å². The van der Waals surface area contributed by atoms with Crippen LogP contribution < -0.4 is 5.32 Å². The number of halogens is 1. The van der Waals surface area contributed by atoms with Gasteiger partial charge in [0.1, 0.15) is 17.3 Å². The van der Waals surface area contributed by atoms with Crippen LogP contribution in [0.4, 0.5) is 10.2 Å². The van der Waals surface area contributed by atoms with E-state index in [0.717, 1.165) is 29.7 Å². The van der Waals surface area contributed by atoms with E-state index in [0.29, 0.717) is 17.3 Å². The summed E-state index contributed by atoms with van der Waals surface area (Å²) < 4.78 is 15.1. The number of carbonyl (C=O) groups excluding carboxylic acids is 1. The molecule has 2 aromatic heterocycles. The second kappa shape index (κ2) is 6.31. The number of ketones is 1. The van der Waals surface area contributed by atoms with E-state index in [9.17, 15) is 9.18 Å². The highest BCUT2D eigenvalue weighted by Gasteiger charge is 2.21. The van der Waals surface area contributed by atoms with E-state index >= 15 is 0 Å². The summed E-state index contributed by atoms with van der Waals surface area (Å²) in [5.41, 5.74) is 2.67. The summed E-state index contributed by atoms with van der Waals surface area (Å²) in [4.78, 5) is 12.3. The molecule has 1 aliphatic rings. The zero-order valence-corrected chi connectivity index (χ0v) is 14.1. The number of anilines is 1. The molecule has 1 aliphatic carbocycles. The largest absolute Gasteiger partial charge is 0.367 e. The molecular weight excluding hydrogens is 317 g/mol. The number of hydrogen-bond acceptors (Lipinski definition) is 3. The van der Waals surface area contributed by atoms with Crippen LogP contribution in [0.3, 0.4) is 0 Å². The Morgan fingerprint density at radius 1 is 1.16 bits per heavy atom. The Bertz CT molecular complexity index is 924. The van der Waals surface area contributed by atoms with E-state index in [4.69, 9.17) is 0 Å². The maximum absolute atomic E-state index is 13.3. The topological polar surface area (TPSA) is 46.4 Å². The van der Waals surface area contributed by atoms with Crippen molar-refractivity contribution in [3.05, 3.63) is 53.8 Å². The Balaban J connectivity index is 1.86. The van der Waals surface area contributed by atoms with Crippen LogP contribution in [-0.4, -0.2) is 21.4 Å². The number of aromatic nitrogens is 2. The molecule has 0 amide bonds. The van der Waals surface area contributed by atoms with Crippen LogP contribution in [0.15, 0.2) is 42.5 Å². The van der Waals surface area contributed by atoms with Gasteiger partial charge >= 0.3 is 0 Å². The van der Waals surface area contributed by atoms with Gasteiger partial charge in [0.2, 0.25) is 0 Å². The monoisotopic (exact) mass is 337 g/mol. The van der Waals surface area contributed by atoms with Crippen molar-refractivity contribution >= 4 is 17.1 Å². The molecule has 0 spiro atoms. The van der Waals surface area contributed by atoms with E-state index in [1.165, 1.54) is 25.0 Å². The zero-order chi connectivity index (χ0) is 17.4. The minimum absolute atomic E-state index is 0.0488. The van der Waals surface area contributed by atoms with Gasteiger partial charge in [-0.2, -0.15) is 5.10 Å². The summed E-state index contributed by atoms with van der Waals surface area (Å²) in [5, 5.41) is 8.24. The maximum atomic E-state index is 13.3. The third-order valence-corrected chi connectivity index (χ3v) is 4.83. The molecule has 5 heteroatoms. The molecule has 3 aromatic rings. The Hall–Kier alpha value is -2.69. The molecule has 0 radical (unpaired) electrons. The third-order valence-electron chi connectivity index (χ3n) is 4.83. The van der Waals surface area contributed by atoms with Crippen molar-refractivity contribution < 1.29 is 9.18 Å². The average molecular weight is 337 g/mol. The molecule has 1 N–H and O–H groups in total. The maximum Gasteiger partial charge on any atom is 0.164 e. The lowest BCUT2D eigenvalue weighted by molar-refractivity contribution is 0.102. The first-order chi connectivity index (χ1) is 12.1. The number of nitrogens with one attached hydrogen (secondary N) is 1. The molecule has 4 rings (SSSR count). The lowest BCUT2D eigenvalue weighted by Crippen LogP contribution is -2.17. The fourth-order valence-corrected chi connectivity index (χ4v) is 3.62. The van der Waals surface area contributed by atoms with E-state index < -0.39 is 0 Å². The van der Waals surface area contributed by atoms with Crippen LogP contribution >= 0.6 is 0 Å². The molecule has 0 unspecified atom stereocenters. The predicted octanol–water partition coefficient (Wildman–Crippen LogP) is 4.70. The number of hydrogen-bond donors (Lipinski definition) is 1. The summed E-state index contributed by atoms with van der Waals surface area (Å²) in [7, 11) is 0. The molecule has 0 atom stereocenters. The molecule has 0 aliphatic heterocycles. The number of pyridine rings is 1. The summed E-state index contributed by atoms with van der Waals surface area (Å²) in [6, 6.07) is 12.4. The molecule has 0 saturated heterocycles. The van der Waals surface area contributed by atoms with Gasteiger partial charge in [-0.1, -0.05) is 18.9 Å². The lowest BCUT2D eigenvalue weighted by Gasteiger charge is -2.14. The Kier molecular flexibility index (Phi) is 3.99. The van der Waals surface area contributed by atoms with Crippen molar-refractivity contribution in [1.29, 1.82) is 0 Å². The van der Waals surface area contributed by atoms with Gasteiger partial charge in [0.15, 0.2) is 5.78 Å². The SMILES string of the molecule is CC(=O)c1c(-c2ccc(F)cc2)nn2c(NC3CCCC3)cccc12. The molecular formula is C20H20FN3O. The first kappa shape index (κ1) is 15.8. The highest BCUT2D eigenvalue weighted by molar-refractivity contribution is 6.06. The first-order valence-electron chi connectivity index (χ1n) is 8.68. The van der Waals surface area contributed by atoms with Gasteiger partial charge in [0.25, 0.3) is 0 Å². The van der Waals surface area contributed by atoms with Crippen LogP contribution in [0.1, 0.15) is 43.0 Å². The Labute approximate surface area is 145 Å². The van der Waals surface area contributed by atoms with E-state index in [-0.39, 0.29) is 11.6 Å². The summed E-state index contributed by atoms with van der Waals surface area (Å²) in [6.07, 6.45) is 4.79. The van der Waals surface area contributed by atoms with E-state index in [2.05, 4.69) is 10.4 Å². The molecule has 1 saturated carbocycles. The summed E-state index contributed by atoms with van der Waals surface area (Å²) >= 11 is 0. The fraction of sp³-hybridized carbons (Fsp3) is 0.300. The smallest absolute Gasteiger partial charge is 0.164 e. The van der Waals surface area contributed by atoms with Gasteiger partial charge in [0, 0.05) is 11.6 Å². The van der Waals surface area contributed by atoms with Crippen LogP contribution in [0.2, 0.25) is 0 Å². The van der Waals surface area contributed by atoms with Gasteiger partial charge in [-0.15, -0.1) is 0 Å². The lowest BCUT2D eigenvalue weighted by atomic mass is 10.0. The van der Waals surface area contributed by atoms with Crippen molar-refractivity contribution in [1.82, 2.24) is 9.61 Å². The zero-order valence-electron chi connectivity index (χ0n) is 14.1. The summed E-state index contributed by atoms with van der Waals surface area (Å²) in [6.45, 7) is 1.54. The number of nitrogens with zero attached hydrogens (tertiary/aromatic N) is 2. The van der Waals surface area contributed by atoms with Gasteiger partial charge in [-0.3, -0.25) is 4.79 Å². The second-order valence-electron chi connectivity index (χ2n) is 6.62. The van der Waals surface area contributed by atoms with Crippen molar-refractivity contribution in [3.63, 3.8) is 0 Å². The van der Waals surface area contributed by atoms with Crippen molar-refractivity contribution in [2.75, 3.05) is 5.32 Å². The van der Waals surface area contributed by atoms with Gasteiger partial charge in [-0.25, -0.2) is 8.91 Å². The molecule has 128 valence electrons. The van der Waals surface area contributed by atoms with Crippen molar-refractivity contribution in [2.45, 2.75) is 38.6 Å². The van der Waals surface area contributed by atoms with Crippen molar-refractivity contribution in [3.8, 4) is 11.3 Å². The Morgan fingerprint density at radius 2 is 1.88 bits per heavy atom. The van der Waals surface area contributed by atoms with E-state index in [1.807, 2.05) is 18.2 Å². The standard InChI is InChI=1S/C20H20FN3O/c1-13(25)19-17-7-4-8-18(22-16-5-2-3-6-16)24(17)23-20(19)14-9-11-15(21)12-10-14/h4,7-12,16,22H,2-3,5-6H2,1H3. The fourth-order valence-electron chi connectivity index (χ4n) is 3.62. The molecule has 2 heterocycles. The molecule has 1 aromatic carbocycles. The van der Waals surface area contributed by atoms with Crippen molar-refractivity contribution in [2.24, 2.45) is 0 Å². The van der Waals surface area contributed by atoms with Gasteiger partial charge in [0.05, 0.1) is 11.1 Å². The first-order valence-corrected chi connectivity index (χ1v) is 8.68. The van der Waals surface area contributed by atoms with Crippen LogP contribution in [-0.2, 0) is 0 Å². The quantitative estimate of drug-likeness (QED) is 0.702. The molecule has 4 nitrogen and oxygen atoms in total. The van der Waals surface area contributed by atoms with Crippen LogP contribution in [0, 0.1) is 5.82 Å². The molecule has 1 fully saturated rings. The second-order valence-corrected chi connectivity index (χ2v) is 6.62. The Morgan fingerprint density at radius 3 is 2.56 bits per heavy atom. The highest BCUT2D eigenvalue weighted by atomic mass is 19.1. The summed E-state index contributed by atoms with van der Waals surface area (Å²) in [5.74, 6) is 0.535. The number of Topliss-reactive ketones (excluding diaryl/α,β-unsaturated/α-hetero) is 1. The normalized spacial score (nSPS) is 15.0. The van der Waals surface area contributed by atoms with Crippen LogP contribution in [0.25, 0.3) is 16.8 Å². The molecule has 0 bridgehead atoms.